The number of hydrogen-bond acceptors (Lipinski definition) is 4. The van der Waals surface area contributed by atoms with Crippen LogP contribution in [-0.2, 0) is 9.47 Å². The Morgan fingerprint density at radius 1 is 0.864 bits per heavy atom. The summed E-state index contributed by atoms with van der Waals surface area (Å²) in [6.45, 7) is 3.97. The van der Waals surface area contributed by atoms with Crippen molar-refractivity contribution in [3.05, 3.63) is 22.5 Å². The fourth-order valence-corrected chi connectivity index (χ4v) is 3.32. The van der Waals surface area contributed by atoms with Crippen LogP contribution in [0, 0.1) is 0 Å². The molecule has 2 rings (SSSR count). The number of rotatable bonds is 2. The molecule has 1 aliphatic heterocycles. The van der Waals surface area contributed by atoms with Crippen LogP contribution in [0.4, 0.5) is 9.59 Å². The summed E-state index contributed by atoms with van der Waals surface area (Å²) in [5.74, 6) is 0. The predicted molar refractivity (Wildman–Crippen MR) is 81.6 cm³/mol. The summed E-state index contributed by atoms with van der Waals surface area (Å²) < 4.78 is 9.80. The highest BCUT2D eigenvalue weighted by atomic mass is 16.6. The predicted octanol–water partition coefficient (Wildman–Crippen LogP) is 3.95. The van der Waals surface area contributed by atoms with Crippen LogP contribution in [0.25, 0.3) is 0 Å². The second-order valence-corrected chi connectivity index (χ2v) is 5.33. The summed E-state index contributed by atoms with van der Waals surface area (Å²) in [5, 5.41) is 2.68. The number of ether oxygens (including phenoxy) is 2. The average molecular weight is 308 g/mol. The SMILES string of the molecule is CCC1=C2CCCCC2=C(CC)N(C(=O)OC)N1C(=O)OC. The monoisotopic (exact) mass is 308 g/mol. The van der Waals surface area contributed by atoms with Gasteiger partial charge in [-0.3, -0.25) is 0 Å². The summed E-state index contributed by atoms with van der Waals surface area (Å²) in [6, 6.07) is 0. The Balaban J connectivity index is 2.64. The van der Waals surface area contributed by atoms with Crippen molar-refractivity contribution in [2.75, 3.05) is 14.2 Å². The molecular formula is C16H24N2O4. The molecule has 1 saturated carbocycles. The van der Waals surface area contributed by atoms with E-state index in [1.807, 2.05) is 13.8 Å². The summed E-state index contributed by atoms with van der Waals surface area (Å²) in [5.41, 5.74) is 4.06. The molecule has 6 nitrogen and oxygen atoms in total. The average Bonchev–Trinajstić information content (AvgIpc) is 2.57. The second kappa shape index (κ2) is 6.85. The van der Waals surface area contributed by atoms with Crippen LogP contribution in [0.15, 0.2) is 22.5 Å². The molecule has 0 N–H and O–H groups in total. The van der Waals surface area contributed by atoms with Crippen molar-refractivity contribution in [1.82, 2.24) is 10.0 Å². The number of carbonyl (C=O) groups excluding carboxylic acids is 2. The van der Waals surface area contributed by atoms with E-state index in [2.05, 4.69) is 0 Å². The molecule has 2 amide bonds. The highest BCUT2D eigenvalue weighted by molar-refractivity contribution is 5.79. The Morgan fingerprint density at radius 3 is 1.50 bits per heavy atom. The lowest BCUT2D eigenvalue weighted by molar-refractivity contribution is 0.0214. The molecule has 0 unspecified atom stereocenters. The van der Waals surface area contributed by atoms with E-state index in [1.54, 1.807) is 0 Å². The molecule has 0 spiro atoms. The normalized spacial score (nSPS) is 18.4. The third-order valence-corrected chi connectivity index (χ3v) is 4.24. The maximum Gasteiger partial charge on any atom is 0.433 e. The molecule has 122 valence electrons. The van der Waals surface area contributed by atoms with Crippen LogP contribution >= 0.6 is 0 Å². The molecule has 6 heteroatoms. The van der Waals surface area contributed by atoms with Gasteiger partial charge in [-0.15, -0.1) is 0 Å². The number of methoxy groups -OCH3 is 2. The standard InChI is InChI=1S/C16H24N2O4/c1-5-13-11-9-7-8-10-12(11)14(6-2)18(16(20)22-4)17(13)15(19)21-3/h5-10H2,1-4H3. The fourth-order valence-electron chi connectivity index (χ4n) is 3.32. The van der Waals surface area contributed by atoms with Crippen molar-refractivity contribution < 1.29 is 19.1 Å². The van der Waals surface area contributed by atoms with Gasteiger partial charge in [0.15, 0.2) is 0 Å². The molecule has 1 fully saturated rings. The molecular weight excluding hydrogens is 284 g/mol. The van der Waals surface area contributed by atoms with E-state index >= 15 is 0 Å². The molecule has 0 saturated heterocycles. The number of carbonyl (C=O) groups is 2. The van der Waals surface area contributed by atoms with E-state index in [0.717, 1.165) is 37.1 Å². The van der Waals surface area contributed by atoms with Gasteiger partial charge < -0.3 is 9.47 Å². The lowest BCUT2D eigenvalue weighted by Gasteiger charge is -2.42. The van der Waals surface area contributed by atoms with Crippen LogP contribution in [0.2, 0.25) is 0 Å². The van der Waals surface area contributed by atoms with Gasteiger partial charge in [-0.1, -0.05) is 13.8 Å². The minimum absolute atomic E-state index is 0.565. The van der Waals surface area contributed by atoms with Gasteiger partial charge in [-0.2, -0.15) is 10.0 Å². The number of hydrazine groups is 1. The quantitative estimate of drug-likeness (QED) is 0.775. The lowest BCUT2D eigenvalue weighted by atomic mass is 9.84. The number of amides is 2. The van der Waals surface area contributed by atoms with Gasteiger partial charge in [0.25, 0.3) is 0 Å². The number of nitrogens with zero attached hydrogens (tertiary/aromatic N) is 2. The highest BCUT2D eigenvalue weighted by Gasteiger charge is 2.40. The second-order valence-electron chi connectivity index (χ2n) is 5.33. The molecule has 2 aliphatic rings. The van der Waals surface area contributed by atoms with Crippen LogP contribution < -0.4 is 0 Å². The van der Waals surface area contributed by atoms with Crippen LogP contribution in [0.3, 0.4) is 0 Å². The smallest absolute Gasteiger partial charge is 0.433 e. The minimum Gasteiger partial charge on any atom is -0.451 e. The largest absolute Gasteiger partial charge is 0.451 e. The van der Waals surface area contributed by atoms with Gasteiger partial charge in [0.2, 0.25) is 0 Å². The van der Waals surface area contributed by atoms with E-state index in [-0.39, 0.29) is 0 Å². The number of allylic oxidation sites excluding steroid dienone is 4. The molecule has 0 bridgehead atoms. The Kier molecular flexibility index (Phi) is 5.11. The first kappa shape index (κ1) is 16.4. The maximum atomic E-state index is 12.3. The van der Waals surface area contributed by atoms with E-state index in [0.29, 0.717) is 12.8 Å². The van der Waals surface area contributed by atoms with Crippen molar-refractivity contribution in [3.8, 4) is 0 Å². The fraction of sp³-hybridized carbons (Fsp3) is 0.625. The zero-order chi connectivity index (χ0) is 16.3. The number of hydrogen-bond donors (Lipinski definition) is 0. The van der Waals surface area contributed by atoms with Gasteiger partial charge in [0, 0.05) is 0 Å². The van der Waals surface area contributed by atoms with Crippen molar-refractivity contribution in [2.24, 2.45) is 0 Å². The molecule has 22 heavy (non-hydrogen) atoms. The lowest BCUT2D eigenvalue weighted by Crippen LogP contribution is -2.51. The minimum atomic E-state index is -0.565. The van der Waals surface area contributed by atoms with Gasteiger partial charge >= 0.3 is 12.2 Å². The first-order chi connectivity index (χ1) is 10.6. The first-order valence-corrected chi connectivity index (χ1v) is 7.81. The van der Waals surface area contributed by atoms with Crippen molar-refractivity contribution in [1.29, 1.82) is 0 Å². The third kappa shape index (κ3) is 2.58. The third-order valence-electron chi connectivity index (χ3n) is 4.24. The topological polar surface area (TPSA) is 59.1 Å². The van der Waals surface area contributed by atoms with Crippen LogP contribution in [0.1, 0.15) is 52.4 Å². The molecule has 0 atom stereocenters. The molecule has 0 aromatic heterocycles. The van der Waals surface area contributed by atoms with E-state index in [1.165, 1.54) is 35.4 Å². The van der Waals surface area contributed by atoms with Crippen molar-refractivity contribution in [2.45, 2.75) is 52.4 Å². The zero-order valence-electron chi connectivity index (χ0n) is 13.8. The molecule has 1 aliphatic carbocycles. The van der Waals surface area contributed by atoms with Gasteiger partial charge in [0.05, 0.1) is 25.6 Å². The van der Waals surface area contributed by atoms with Gasteiger partial charge in [-0.05, 0) is 49.7 Å². The van der Waals surface area contributed by atoms with E-state index < -0.39 is 12.2 Å². The summed E-state index contributed by atoms with van der Waals surface area (Å²) in [7, 11) is 2.64. The van der Waals surface area contributed by atoms with Gasteiger partial charge in [-0.25, -0.2) is 9.59 Å². The zero-order valence-corrected chi connectivity index (χ0v) is 13.8. The Bertz CT molecular complexity index is 488. The molecule has 1 heterocycles. The summed E-state index contributed by atoms with van der Waals surface area (Å²) in [6.07, 6.45) is 4.25. The summed E-state index contributed by atoms with van der Waals surface area (Å²) >= 11 is 0. The Labute approximate surface area is 131 Å². The van der Waals surface area contributed by atoms with Crippen molar-refractivity contribution in [3.63, 3.8) is 0 Å². The van der Waals surface area contributed by atoms with Crippen molar-refractivity contribution >= 4 is 12.2 Å². The molecule has 0 aromatic rings. The van der Waals surface area contributed by atoms with Crippen LogP contribution in [-0.4, -0.2) is 36.4 Å². The Morgan fingerprint density at radius 2 is 1.23 bits per heavy atom. The maximum absolute atomic E-state index is 12.3. The Hall–Kier alpha value is -1.98. The van der Waals surface area contributed by atoms with E-state index in [4.69, 9.17) is 9.47 Å². The first-order valence-electron chi connectivity index (χ1n) is 7.81. The van der Waals surface area contributed by atoms with Gasteiger partial charge in [0.1, 0.15) is 0 Å². The van der Waals surface area contributed by atoms with E-state index in [9.17, 15) is 9.59 Å². The van der Waals surface area contributed by atoms with Crippen LogP contribution in [0.5, 0.6) is 0 Å². The summed E-state index contributed by atoms with van der Waals surface area (Å²) in [4.78, 5) is 24.6. The highest BCUT2D eigenvalue weighted by Crippen LogP contribution is 2.42. The molecule has 0 radical (unpaired) electrons. The number of fused-ring (bicyclic) bond motifs is 1. The molecule has 0 aromatic carbocycles.